The van der Waals surface area contributed by atoms with Crippen LogP contribution in [0.2, 0.25) is 5.02 Å². The number of nitrogens with one attached hydrogen (secondary N) is 1. The molecule has 0 aliphatic heterocycles. The van der Waals surface area contributed by atoms with Gasteiger partial charge in [-0.05, 0) is 80.1 Å². The van der Waals surface area contributed by atoms with E-state index in [-0.39, 0.29) is 23.4 Å². The van der Waals surface area contributed by atoms with Gasteiger partial charge in [-0.15, -0.1) is 0 Å². The maximum absolute atomic E-state index is 14.2. The fraction of sp³-hybridized carbons (Fsp3) is 0.375. The summed E-state index contributed by atoms with van der Waals surface area (Å²) in [7, 11) is -4.15. The van der Waals surface area contributed by atoms with Crippen LogP contribution in [-0.2, 0) is 26.2 Å². The van der Waals surface area contributed by atoms with Gasteiger partial charge >= 0.3 is 0 Å². The molecular weight excluding hydrogens is 558 g/mol. The van der Waals surface area contributed by atoms with Crippen LogP contribution in [0.25, 0.3) is 0 Å². The SMILES string of the molecule is CC[C@H](C(=O)NC1CCCC1)N(Cc1ccccc1C)C(=O)CN(c1ccccc1C)S(=O)(=O)c1ccc(Cl)cc1. The van der Waals surface area contributed by atoms with Gasteiger partial charge in [0.2, 0.25) is 11.8 Å². The second kappa shape index (κ2) is 13.5. The normalized spacial score (nSPS) is 14.4. The van der Waals surface area contributed by atoms with Crippen LogP contribution in [0, 0.1) is 13.8 Å². The number of carbonyl (C=O) groups is 2. The predicted octanol–water partition coefficient (Wildman–Crippen LogP) is 6.02. The Morgan fingerprint density at radius 3 is 2.15 bits per heavy atom. The van der Waals surface area contributed by atoms with Crippen LogP contribution in [0.4, 0.5) is 5.69 Å². The topological polar surface area (TPSA) is 86.8 Å². The van der Waals surface area contributed by atoms with Gasteiger partial charge in [-0.25, -0.2) is 8.42 Å². The Hall–Kier alpha value is -3.36. The molecule has 7 nitrogen and oxygen atoms in total. The molecule has 2 amide bonds. The summed E-state index contributed by atoms with van der Waals surface area (Å²) in [6.45, 7) is 5.36. The number of amides is 2. The van der Waals surface area contributed by atoms with Gasteiger partial charge in [-0.1, -0.05) is 73.8 Å². The van der Waals surface area contributed by atoms with Crippen LogP contribution in [-0.4, -0.2) is 43.8 Å². The first kappa shape index (κ1) is 30.6. The van der Waals surface area contributed by atoms with E-state index in [4.69, 9.17) is 11.6 Å². The molecule has 0 heterocycles. The van der Waals surface area contributed by atoms with Crippen molar-refractivity contribution in [2.75, 3.05) is 10.8 Å². The third-order valence-corrected chi connectivity index (χ3v) is 9.78. The van der Waals surface area contributed by atoms with E-state index in [0.29, 0.717) is 22.7 Å². The van der Waals surface area contributed by atoms with Crippen LogP contribution in [0.1, 0.15) is 55.7 Å². The fourth-order valence-corrected chi connectivity index (χ4v) is 6.95. The molecule has 3 aromatic carbocycles. The van der Waals surface area contributed by atoms with Gasteiger partial charge in [0.25, 0.3) is 10.0 Å². The Bertz CT molecular complexity index is 1470. The number of benzene rings is 3. The first-order chi connectivity index (χ1) is 19.6. The molecule has 0 spiro atoms. The van der Waals surface area contributed by atoms with Crippen molar-refractivity contribution in [3.05, 3.63) is 94.5 Å². The lowest BCUT2D eigenvalue weighted by Crippen LogP contribution is -2.53. The summed E-state index contributed by atoms with van der Waals surface area (Å²) < 4.78 is 29.1. The molecule has 0 saturated heterocycles. The van der Waals surface area contributed by atoms with E-state index in [1.807, 2.05) is 44.2 Å². The minimum absolute atomic E-state index is 0.0226. The molecule has 0 bridgehead atoms. The Balaban J connectivity index is 1.73. The van der Waals surface area contributed by atoms with E-state index >= 15 is 0 Å². The third-order valence-electron chi connectivity index (χ3n) is 7.75. The highest BCUT2D eigenvalue weighted by atomic mass is 35.5. The minimum Gasteiger partial charge on any atom is -0.352 e. The number of nitrogens with zero attached hydrogens (tertiary/aromatic N) is 2. The van der Waals surface area contributed by atoms with Crippen LogP contribution >= 0.6 is 11.6 Å². The highest BCUT2D eigenvalue weighted by Gasteiger charge is 2.35. The molecule has 0 aromatic heterocycles. The molecular formula is C32H38ClN3O4S. The van der Waals surface area contributed by atoms with Gasteiger partial charge in [0.1, 0.15) is 12.6 Å². The van der Waals surface area contributed by atoms with Gasteiger partial charge in [0.05, 0.1) is 10.6 Å². The quantitative estimate of drug-likeness (QED) is 0.294. The molecule has 1 aliphatic rings. The molecule has 1 N–H and O–H groups in total. The van der Waals surface area contributed by atoms with E-state index < -0.39 is 28.5 Å². The van der Waals surface area contributed by atoms with Crippen LogP contribution < -0.4 is 9.62 Å². The molecule has 3 aromatic rings. The zero-order valence-electron chi connectivity index (χ0n) is 23.8. The van der Waals surface area contributed by atoms with Crippen molar-refractivity contribution in [1.82, 2.24) is 10.2 Å². The van der Waals surface area contributed by atoms with Gasteiger partial charge in [-0.2, -0.15) is 0 Å². The standard InChI is InChI=1S/C32H38ClN3O4S/c1-4-29(32(38)34-27-14-8-9-15-27)35(21-25-13-7-5-11-23(25)2)31(37)22-36(30-16-10-6-12-24(30)3)41(39,40)28-19-17-26(33)18-20-28/h5-7,10-13,16-20,27,29H,4,8-9,14-15,21-22H2,1-3H3,(H,34,38)/t29-/m1/s1. The molecule has 41 heavy (non-hydrogen) atoms. The monoisotopic (exact) mass is 595 g/mol. The lowest BCUT2D eigenvalue weighted by atomic mass is 10.1. The van der Waals surface area contributed by atoms with Crippen molar-refractivity contribution in [3.63, 3.8) is 0 Å². The second-order valence-electron chi connectivity index (χ2n) is 10.6. The predicted molar refractivity (Wildman–Crippen MR) is 163 cm³/mol. The zero-order valence-corrected chi connectivity index (χ0v) is 25.4. The van der Waals surface area contributed by atoms with Crippen molar-refractivity contribution in [3.8, 4) is 0 Å². The number of halogens is 1. The number of sulfonamides is 1. The molecule has 1 atom stereocenters. The number of rotatable bonds is 11. The van der Waals surface area contributed by atoms with E-state index in [1.54, 1.807) is 25.1 Å². The van der Waals surface area contributed by atoms with Crippen molar-refractivity contribution in [2.45, 2.75) is 76.4 Å². The highest BCUT2D eigenvalue weighted by Crippen LogP contribution is 2.28. The molecule has 4 rings (SSSR count). The number of anilines is 1. The molecule has 0 unspecified atom stereocenters. The summed E-state index contributed by atoms with van der Waals surface area (Å²) in [6, 6.07) is 20.0. The maximum Gasteiger partial charge on any atom is 0.264 e. The fourth-order valence-electron chi connectivity index (χ4n) is 5.35. The molecule has 1 saturated carbocycles. The average molecular weight is 596 g/mol. The van der Waals surface area contributed by atoms with Crippen molar-refractivity contribution in [2.24, 2.45) is 0 Å². The third kappa shape index (κ3) is 7.29. The van der Waals surface area contributed by atoms with E-state index in [9.17, 15) is 18.0 Å². The van der Waals surface area contributed by atoms with Crippen molar-refractivity contribution < 1.29 is 18.0 Å². The van der Waals surface area contributed by atoms with Crippen LogP contribution in [0.15, 0.2) is 77.7 Å². The number of hydrogen-bond donors (Lipinski definition) is 1. The van der Waals surface area contributed by atoms with Gasteiger partial charge < -0.3 is 10.2 Å². The van der Waals surface area contributed by atoms with E-state index in [1.165, 1.54) is 29.2 Å². The molecule has 218 valence electrons. The zero-order chi connectivity index (χ0) is 29.6. The van der Waals surface area contributed by atoms with Gasteiger partial charge in [0, 0.05) is 17.6 Å². The number of hydrogen-bond acceptors (Lipinski definition) is 4. The number of para-hydroxylation sites is 1. The maximum atomic E-state index is 14.2. The van der Waals surface area contributed by atoms with E-state index in [2.05, 4.69) is 5.32 Å². The van der Waals surface area contributed by atoms with Crippen molar-refractivity contribution >= 4 is 39.1 Å². The Morgan fingerprint density at radius 2 is 1.54 bits per heavy atom. The summed E-state index contributed by atoms with van der Waals surface area (Å²) in [6.07, 6.45) is 4.39. The summed E-state index contributed by atoms with van der Waals surface area (Å²) in [4.78, 5) is 29.4. The number of aryl methyl sites for hydroxylation is 2. The Labute approximate surface area is 248 Å². The van der Waals surface area contributed by atoms with Gasteiger partial charge in [0.15, 0.2) is 0 Å². The largest absolute Gasteiger partial charge is 0.352 e. The first-order valence-corrected chi connectivity index (χ1v) is 15.9. The van der Waals surface area contributed by atoms with Crippen LogP contribution in [0.5, 0.6) is 0 Å². The molecule has 1 aliphatic carbocycles. The summed E-state index contributed by atoms with van der Waals surface area (Å²) in [5, 5.41) is 3.55. The van der Waals surface area contributed by atoms with Crippen LogP contribution in [0.3, 0.4) is 0 Å². The second-order valence-corrected chi connectivity index (χ2v) is 12.9. The van der Waals surface area contributed by atoms with Crippen molar-refractivity contribution in [1.29, 1.82) is 0 Å². The Kier molecular flexibility index (Phi) is 10.1. The summed E-state index contributed by atoms with van der Waals surface area (Å²) >= 11 is 6.03. The van der Waals surface area contributed by atoms with E-state index in [0.717, 1.165) is 41.1 Å². The smallest absolute Gasteiger partial charge is 0.264 e. The summed E-state index contributed by atoms with van der Waals surface area (Å²) in [5.41, 5.74) is 2.99. The molecule has 1 fully saturated rings. The lowest BCUT2D eigenvalue weighted by Gasteiger charge is -2.34. The minimum atomic E-state index is -4.15. The first-order valence-electron chi connectivity index (χ1n) is 14.1. The Morgan fingerprint density at radius 1 is 0.927 bits per heavy atom. The molecule has 9 heteroatoms. The number of carbonyl (C=O) groups excluding carboxylic acids is 2. The highest BCUT2D eigenvalue weighted by molar-refractivity contribution is 7.92. The summed E-state index contributed by atoms with van der Waals surface area (Å²) in [5.74, 6) is -0.660. The van der Waals surface area contributed by atoms with Gasteiger partial charge in [-0.3, -0.25) is 13.9 Å². The lowest BCUT2D eigenvalue weighted by molar-refractivity contribution is -0.140. The molecule has 0 radical (unpaired) electrons. The average Bonchev–Trinajstić information content (AvgIpc) is 3.46.